The van der Waals surface area contributed by atoms with Crippen LogP contribution in [0, 0.1) is 6.92 Å². The van der Waals surface area contributed by atoms with Crippen molar-refractivity contribution in [1.82, 2.24) is 20.2 Å². The van der Waals surface area contributed by atoms with E-state index in [2.05, 4.69) is 20.7 Å². The number of nitrogens with zero attached hydrogens (tertiary/aromatic N) is 4. The van der Waals surface area contributed by atoms with Gasteiger partial charge in [0.15, 0.2) is 11.0 Å². The molecule has 0 aliphatic heterocycles. The molecule has 0 atom stereocenters. The predicted octanol–water partition coefficient (Wildman–Crippen LogP) is 3.59. The molecular formula is C19H21N5O2S2. The van der Waals surface area contributed by atoms with Crippen molar-refractivity contribution >= 4 is 35.2 Å². The third-order valence-electron chi connectivity index (χ3n) is 3.86. The van der Waals surface area contributed by atoms with Crippen LogP contribution in [0.15, 0.2) is 46.7 Å². The Morgan fingerprint density at radius 2 is 2.07 bits per heavy atom. The van der Waals surface area contributed by atoms with E-state index in [0.29, 0.717) is 11.7 Å². The average molecular weight is 416 g/mol. The van der Waals surface area contributed by atoms with Gasteiger partial charge in [-0.15, -0.1) is 21.5 Å². The van der Waals surface area contributed by atoms with E-state index in [9.17, 15) is 4.79 Å². The van der Waals surface area contributed by atoms with Crippen LogP contribution in [0.3, 0.4) is 0 Å². The molecule has 0 radical (unpaired) electrons. The second-order valence-electron chi connectivity index (χ2n) is 5.81. The van der Waals surface area contributed by atoms with Crippen LogP contribution in [0.25, 0.3) is 11.4 Å². The van der Waals surface area contributed by atoms with E-state index >= 15 is 0 Å². The molecule has 1 N–H and O–H groups in total. The zero-order valence-corrected chi connectivity index (χ0v) is 17.5. The number of rotatable bonds is 8. The monoisotopic (exact) mass is 415 g/mol. The Kier molecular flexibility index (Phi) is 6.83. The molecule has 1 aromatic carbocycles. The third-order valence-corrected chi connectivity index (χ3v) is 5.76. The lowest BCUT2D eigenvalue weighted by atomic mass is 10.2. The summed E-state index contributed by atoms with van der Waals surface area (Å²) in [7, 11) is 1.63. The van der Waals surface area contributed by atoms with Crippen LogP contribution in [-0.4, -0.2) is 39.7 Å². The molecular weight excluding hydrogens is 394 g/mol. The smallest absolute Gasteiger partial charge is 0.250 e. The van der Waals surface area contributed by atoms with E-state index in [4.69, 9.17) is 4.74 Å². The number of thioether (sulfide) groups is 1. The van der Waals surface area contributed by atoms with Crippen molar-refractivity contribution < 1.29 is 9.53 Å². The normalized spacial score (nSPS) is 11.1. The Morgan fingerprint density at radius 1 is 1.29 bits per heavy atom. The highest BCUT2D eigenvalue weighted by atomic mass is 32.2. The lowest BCUT2D eigenvalue weighted by molar-refractivity contribution is -0.118. The number of hydrogen-bond acceptors (Lipinski definition) is 7. The maximum atomic E-state index is 12.0. The Hall–Kier alpha value is -2.65. The molecule has 9 heteroatoms. The van der Waals surface area contributed by atoms with E-state index in [-0.39, 0.29) is 11.7 Å². The van der Waals surface area contributed by atoms with Crippen molar-refractivity contribution in [3.8, 4) is 17.1 Å². The van der Waals surface area contributed by atoms with Gasteiger partial charge in [0.2, 0.25) is 0 Å². The summed E-state index contributed by atoms with van der Waals surface area (Å²) in [6, 6.07) is 11.6. The van der Waals surface area contributed by atoms with Crippen LogP contribution in [0.5, 0.6) is 5.75 Å². The van der Waals surface area contributed by atoms with Crippen molar-refractivity contribution in [2.24, 2.45) is 5.10 Å². The summed E-state index contributed by atoms with van der Waals surface area (Å²) in [6.07, 6.45) is 1.65. The zero-order chi connectivity index (χ0) is 19.9. The van der Waals surface area contributed by atoms with Gasteiger partial charge in [-0.1, -0.05) is 11.8 Å². The number of methoxy groups -OCH3 is 1. The Labute approximate surface area is 171 Å². The molecule has 0 unspecified atom stereocenters. The van der Waals surface area contributed by atoms with E-state index < -0.39 is 0 Å². The van der Waals surface area contributed by atoms with Gasteiger partial charge in [0.25, 0.3) is 5.91 Å². The molecule has 0 aliphatic rings. The Bertz CT molecular complexity index is 963. The fourth-order valence-electron chi connectivity index (χ4n) is 2.49. The molecule has 0 fully saturated rings. The highest BCUT2D eigenvalue weighted by Crippen LogP contribution is 2.25. The minimum atomic E-state index is -0.189. The minimum absolute atomic E-state index is 0.189. The number of amides is 1. The van der Waals surface area contributed by atoms with E-state index in [1.807, 2.05) is 54.8 Å². The number of carbonyl (C=O) groups excluding carboxylic acids is 1. The van der Waals surface area contributed by atoms with Gasteiger partial charge in [-0.05, 0) is 50.2 Å². The number of benzene rings is 1. The number of carbonyl (C=O) groups is 1. The lowest BCUT2D eigenvalue weighted by Gasteiger charge is -2.07. The fraction of sp³-hybridized carbons (Fsp3) is 0.263. The number of ether oxygens (including phenoxy) is 1. The van der Waals surface area contributed by atoms with Crippen molar-refractivity contribution in [2.45, 2.75) is 25.5 Å². The Balaban J connectivity index is 1.60. The second-order valence-corrected chi connectivity index (χ2v) is 8.07. The molecule has 0 saturated carbocycles. The molecule has 2 aromatic heterocycles. The van der Waals surface area contributed by atoms with E-state index in [1.54, 1.807) is 24.7 Å². The van der Waals surface area contributed by atoms with Crippen LogP contribution >= 0.6 is 23.1 Å². The van der Waals surface area contributed by atoms with Gasteiger partial charge in [-0.3, -0.25) is 4.79 Å². The highest BCUT2D eigenvalue weighted by Gasteiger charge is 2.14. The van der Waals surface area contributed by atoms with Gasteiger partial charge in [0.1, 0.15) is 5.75 Å². The van der Waals surface area contributed by atoms with Crippen LogP contribution in [0.4, 0.5) is 0 Å². The highest BCUT2D eigenvalue weighted by molar-refractivity contribution is 7.99. The van der Waals surface area contributed by atoms with Crippen molar-refractivity contribution in [2.75, 3.05) is 12.9 Å². The molecule has 146 valence electrons. The van der Waals surface area contributed by atoms with Crippen molar-refractivity contribution in [3.05, 3.63) is 46.2 Å². The number of aryl methyl sites for hydroxylation is 1. The molecule has 28 heavy (non-hydrogen) atoms. The lowest BCUT2D eigenvalue weighted by Crippen LogP contribution is -2.19. The van der Waals surface area contributed by atoms with Gasteiger partial charge >= 0.3 is 0 Å². The molecule has 0 aliphatic carbocycles. The summed E-state index contributed by atoms with van der Waals surface area (Å²) in [5.74, 6) is 1.57. The van der Waals surface area contributed by atoms with Crippen LogP contribution in [-0.2, 0) is 11.3 Å². The van der Waals surface area contributed by atoms with Crippen LogP contribution in [0.2, 0.25) is 0 Å². The van der Waals surface area contributed by atoms with Crippen molar-refractivity contribution in [3.63, 3.8) is 0 Å². The average Bonchev–Trinajstić information content (AvgIpc) is 3.32. The summed E-state index contributed by atoms with van der Waals surface area (Å²) in [6.45, 7) is 4.75. The number of nitrogens with one attached hydrogen (secondary N) is 1. The first-order chi connectivity index (χ1) is 13.6. The molecule has 0 spiro atoms. The summed E-state index contributed by atoms with van der Waals surface area (Å²) >= 11 is 2.96. The van der Waals surface area contributed by atoms with E-state index in [0.717, 1.165) is 22.0 Å². The SMILES string of the molecule is CCn1c(SCC(=O)NN=Cc2ccc(C)s2)nnc1-c1ccc(OC)cc1. The summed E-state index contributed by atoms with van der Waals surface area (Å²) in [5, 5.41) is 13.2. The summed E-state index contributed by atoms with van der Waals surface area (Å²) in [5.41, 5.74) is 3.49. The standard InChI is InChI=1S/C19H21N5O2S2/c1-4-24-18(14-6-8-15(26-3)9-7-14)22-23-19(24)27-12-17(25)21-20-11-16-10-5-13(2)28-16/h5-11H,4,12H2,1-3H3,(H,21,25). The molecule has 3 rings (SSSR count). The Morgan fingerprint density at radius 3 is 2.71 bits per heavy atom. The van der Waals surface area contributed by atoms with E-state index in [1.165, 1.54) is 16.6 Å². The second kappa shape index (κ2) is 9.52. The van der Waals surface area contributed by atoms with Gasteiger partial charge in [-0.2, -0.15) is 5.10 Å². The van der Waals surface area contributed by atoms with Gasteiger partial charge in [0, 0.05) is 21.9 Å². The van der Waals surface area contributed by atoms with Gasteiger partial charge in [0.05, 0.1) is 19.1 Å². The largest absolute Gasteiger partial charge is 0.497 e. The topological polar surface area (TPSA) is 81.4 Å². The van der Waals surface area contributed by atoms with Crippen LogP contribution < -0.4 is 10.2 Å². The number of aromatic nitrogens is 3. The number of hydrogen-bond donors (Lipinski definition) is 1. The summed E-state index contributed by atoms with van der Waals surface area (Å²) in [4.78, 5) is 14.2. The quantitative estimate of drug-likeness (QED) is 0.345. The fourth-order valence-corrected chi connectivity index (χ4v) is 4.03. The molecule has 2 heterocycles. The minimum Gasteiger partial charge on any atom is -0.497 e. The van der Waals surface area contributed by atoms with Crippen molar-refractivity contribution in [1.29, 1.82) is 0 Å². The molecule has 0 bridgehead atoms. The first kappa shape index (κ1) is 20.1. The molecule has 0 saturated heterocycles. The number of thiophene rings is 1. The molecule has 7 nitrogen and oxygen atoms in total. The molecule has 1 amide bonds. The maximum absolute atomic E-state index is 12.0. The van der Waals surface area contributed by atoms with Crippen LogP contribution in [0.1, 0.15) is 16.7 Å². The predicted molar refractivity (Wildman–Crippen MR) is 113 cm³/mol. The maximum Gasteiger partial charge on any atom is 0.250 e. The first-order valence-electron chi connectivity index (χ1n) is 8.69. The van der Waals surface area contributed by atoms with Gasteiger partial charge < -0.3 is 9.30 Å². The van der Waals surface area contributed by atoms with Gasteiger partial charge in [-0.25, -0.2) is 5.43 Å². The molecule has 3 aromatic rings. The first-order valence-corrected chi connectivity index (χ1v) is 10.5. The number of hydrazone groups is 1. The third kappa shape index (κ3) is 4.99. The summed E-state index contributed by atoms with van der Waals surface area (Å²) < 4.78 is 7.17. The zero-order valence-electron chi connectivity index (χ0n) is 15.9.